The fourth-order valence-corrected chi connectivity index (χ4v) is 4.81. The summed E-state index contributed by atoms with van der Waals surface area (Å²) in [6.07, 6.45) is 5.69. The number of imidazole rings is 1. The topological polar surface area (TPSA) is 81.0 Å². The van der Waals surface area contributed by atoms with Gasteiger partial charge in [-0.2, -0.15) is 0 Å². The molecule has 0 bridgehead atoms. The summed E-state index contributed by atoms with van der Waals surface area (Å²) in [7, 11) is -2.32. The van der Waals surface area contributed by atoms with Crippen LogP contribution >= 0.6 is 15.9 Å². The normalized spacial score (nSPS) is 11.5. The van der Waals surface area contributed by atoms with E-state index in [1.165, 1.54) is 40.1 Å². The molecule has 31 heavy (non-hydrogen) atoms. The van der Waals surface area contributed by atoms with Crippen molar-refractivity contribution in [1.29, 1.82) is 0 Å². The predicted molar refractivity (Wildman–Crippen MR) is 121 cm³/mol. The molecule has 0 aliphatic heterocycles. The van der Waals surface area contributed by atoms with Gasteiger partial charge in [-0.25, -0.2) is 22.6 Å². The quantitative estimate of drug-likeness (QED) is 0.255. The van der Waals surface area contributed by atoms with Crippen LogP contribution in [0.15, 0.2) is 53.7 Å². The largest absolute Gasteiger partial charge is 0.464 e. The monoisotopic (exact) mass is 509 g/mol. The molecule has 0 N–H and O–H groups in total. The SMILES string of the molecule is C=CCCCN(c1cc2nc(-c3ccc(F)cc3)c(C(=O)OC)n2cc1Br)S(C)(=O)=O. The number of ether oxygens (including phenoxy) is 1. The molecule has 1 aromatic carbocycles. The highest BCUT2D eigenvalue weighted by molar-refractivity contribution is 9.10. The van der Waals surface area contributed by atoms with Crippen LogP contribution < -0.4 is 4.31 Å². The molecule has 10 heteroatoms. The maximum Gasteiger partial charge on any atom is 0.357 e. The summed E-state index contributed by atoms with van der Waals surface area (Å²) in [5.41, 5.74) is 1.71. The van der Waals surface area contributed by atoms with Crippen LogP contribution in [0.5, 0.6) is 0 Å². The van der Waals surface area contributed by atoms with Crippen molar-refractivity contribution < 1.29 is 22.3 Å². The fraction of sp³-hybridized carbons (Fsp3) is 0.238. The smallest absolute Gasteiger partial charge is 0.357 e. The lowest BCUT2D eigenvalue weighted by atomic mass is 10.1. The predicted octanol–water partition coefficient (Wildman–Crippen LogP) is 4.42. The van der Waals surface area contributed by atoms with E-state index in [2.05, 4.69) is 27.5 Å². The summed E-state index contributed by atoms with van der Waals surface area (Å²) in [5, 5.41) is 0. The van der Waals surface area contributed by atoms with E-state index in [4.69, 9.17) is 4.74 Å². The van der Waals surface area contributed by atoms with E-state index in [9.17, 15) is 17.6 Å². The van der Waals surface area contributed by atoms with Gasteiger partial charge in [0.05, 0.1) is 23.5 Å². The van der Waals surface area contributed by atoms with Crippen molar-refractivity contribution in [1.82, 2.24) is 9.38 Å². The molecule has 0 unspecified atom stereocenters. The van der Waals surface area contributed by atoms with Crippen LogP contribution in [0, 0.1) is 5.82 Å². The number of sulfonamides is 1. The molecule has 0 fully saturated rings. The maximum atomic E-state index is 13.4. The highest BCUT2D eigenvalue weighted by Crippen LogP contribution is 2.33. The van der Waals surface area contributed by atoms with Crippen molar-refractivity contribution in [2.75, 3.05) is 24.2 Å². The number of hydrogen-bond acceptors (Lipinski definition) is 5. The Labute approximate surface area is 188 Å². The maximum absolute atomic E-state index is 13.4. The average Bonchev–Trinajstić information content (AvgIpc) is 3.08. The molecule has 164 valence electrons. The second-order valence-corrected chi connectivity index (χ2v) is 9.57. The number of benzene rings is 1. The number of methoxy groups -OCH3 is 1. The highest BCUT2D eigenvalue weighted by atomic mass is 79.9. The van der Waals surface area contributed by atoms with Crippen molar-refractivity contribution in [2.45, 2.75) is 12.8 Å². The van der Waals surface area contributed by atoms with Crippen molar-refractivity contribution in [3.8, 4) is 11.3 Å². The van der Waals surface area contributed by atoms with E-state index in [1.54, 1.807) is 18.3 Å². The van der Waals surface area contributed by atoms with Gasteiger partial charge in [0.1, 0.15) is 17.2 Å². The summed E-state index contributed by atoms with van der Waals surface area (Å²) in [5.74, 6) is -1.04. The third-order valence-corrected chi connectivity index (χ3v) is 6.42. The van der Waals surface area contributed by atoms with Crippen LogP contribution in [0.1, 0.15) is 23.3 Å². The molecule has 2 aromatic heterocycles. The van der Waals surface area contributed by atoms with Gasteiger partial charge in [-0.1, -0.05) is 6.08 Å². The highest BCUT2D eigenvalue weighted by Gasteiger charge is 2.25. The van der Waals surface area contributed by atoms with Gasteiger partial charge in [-0.3, -0.25) is 8.71 Å². The van der Waals surface area contributed by atoms with E-state index < -0.39 is 21.8 Å². The van der Waals surface area contributed by atoms with Crippen LogP contribution in [0.4, 0.5) is 10.1 Å². The Kier molecular flexibility index (Phi) is 6.80. The Bertz CT molecular complexity index is 1240. The minimum Gasteiger partial charge on any atom is -0.464 e. The van der Waals surface area contributed by atoms with Gasteiger partial charge in [0.2, 0.25) is 10.0 Å². The van der Waals surface area contributed by atoms with Crippen LogP contribution in [0.3, 0.4) is 0 Å². The lowest BCUT2D eigenvalue weighted by Crippen LogP contribution is -2.31. The van der Waals surface area contributed by atoms with E-state index >= 15 is 0 Å². The van der Waals surface area contributed by atoms with E-state index in [0.717, 1.165) is 6.26 Å². The summed E-state index contributed by atoms with van der Waals surface area (Å²) in [4.78, 5) is 17.1. The number of nitrogens with zero attached hydrogens (tertiary/aromatic N) is 3. The second-order valence-electron chi connectivity index (χ2n) is 6.81. The van der Waals surface area contributed by atoms with Crippen LogP contribution in [0.25, 0.3) is 16.9 Å². The van der Waals surface area contributed by atoms with Crippen molar-refractivity contribution in [3.05, 3.63) is 65.2 Å². The first-order valence-electron chi connectivity index (χ1n) is 9.31. The van der Waals surface area contributed by atoms with Gasteiger partial charge in [-0.05, 0) is 53.0 Å². The van der Waals surface area contributed by atoms with Crippen LogP contribution in [0.2, 0.25) is 0 Å². The van der Waals surface area contributed by atoms with Gasteiger partial charge in [0, 0.05) is 24.4 Å². The van der Waals surface area contributed by atoms with E-state index in [1.807, 2.05) is 0 Å². The first-order valence-corrected chi connectivity index (χ1v) is 12.0. The molecule has 7 nitrogen and oxygen atoms in total. The number of esters is 1. The fourth-order valence-electron chi connectivity index (χ4n) is 3.19. The molecule has 0 spiro atoms. The second kappa shape index (κ2) is 9.19. The number of aromatic nitrogens is 2. The lowest BCUT2D eigenvalue weighted by Gasteiger charge is -2.23. The van der Waals surface area contributed by atoms with Gasteiger partial charge in [-0.15, -0.1) is 6.58 Å². The minimum absolute atomic E-state index is 0.147. The molecular formula is C21H21BrFN3O4S. The molecule has 3 rings (SSSR count). The number of fused-ring (bicyclic) bond motifs is 1. The van der Waals surface area contributed by atoms with Crippen molar-refractivity contribution in [2.24, 2.45) is 0 Å². The Balaban J connectivity index is 2.22. The standard InChI is InChI=1S/C21H21BrFN3O4S/c1-4-5-6-11-26(31(3,28)29)17-12-18-24-19(14-7-9-15(23)10-8-14)20(21(27)30-2)25(18)13-16(17)22/h4,7-10,12-13H,1,5-6,11H2,2-3H3. The summed E-state index contributed by atoms with van der Waals surface area (Å²) in [6, 6.07) is 7.15. The Morgan fingerprint density at radius 1 is 1.35 bits per heavy atom. The van der Waals surface area contributed by atoms with Gasteiger partial charge < -0.3 is 4.74 Å². The van der Waals surface area contributed by atoms with Crippen LogP contribution in [-0.2, 0) is 14.8 Å². The Hall–Kier alpha value is -2.72. The number of allylic oxidation sites excluding steroid dienone is 1. The van der Waals surface area contributed by atoms with E-state index in [-0.39, 0.29) is 12.2 Å². The zero-order valence-electron chi connectivity index (χ0n) is 17.0. The summed E-state index contributed by atoms with van der Waals surface area (Å²) in [6.45, 7) is 3.92. The number of halogens is 2. The number of unbranched alkanes of at least 4 members (excludes halogenated alkanes) is 1. The number of carbonyl (C=O) groups is 1. The molecule has 2 heterocycles. The third kappa shape index (κ3) is 4.80. The lowest BCUT2D eigenvalue weighted by molar-refractivity contribution is 0.0594. The molecule has 0 aliphatic carbocycles. The first-order chi connectivity index (χ1) is 14.7. The van der Waals surface area contributed by atoms with Crippen molar-refractivity contribution >= 4 is 43.3 Å². The Morgan fingerprint density at radius 2 is 2.03 bits per heavy atom. The third-order valence-electron chi connectivity index (χ3n) is 4.63. The van der Waals surface area contributed by atoms with Crippen molar-refractivity contribution in [3.63, 3.8) is 0 Å². The molecule has 0 saturated heterocycles. The molecule has 0 aliphatic rings. The summed E-state index contributed by atoms with van der Waals surface area (Å²) >= 11 is 3.42. The van der Waals surface area contributed by atoms with Gasteiger partial charge in [0.25, 0.3) is 0 Å². The van der Waals surface area contributed by atoms with Gasteiger partial charge in [0.15, 0.2) is 5.69 Å². The number of carbonyl (C=O) groups excluding carboxylic acids is 1. The number of pyridine rings is 1. The molecule has 0 radical (unpaired) electrons. The number of anilines is 1. The average molecular weight is 510 g/mol. The first kappa shape index (κ1) is 23.0. The van der Waals surface area contributed by atoms with E-state index in [0.29, 0.717) is 39.9 Å². The Morgan fingerprint density at radius 3 is 2.61 bits per heavy atom. The molecule has 0 atom stereocenters. The molecule has 0 saturated carbocycles. The van der Waals surface area contributed by atoms with Crippen LogP contribution in [-0.4, -0.2) is 43.7 Å². The zero-order chi connectivity index (χ0) is 22.8. The number of hydrogen-bond donors (Lipinski definition) is 0. The summed E-state index contributed by atoms with van der Waals surface area (Å²) < 4.78 is 46.4. The zero-order valence-corrected chi connectivity index (χ0v) is 19.4. The van der Waals surface area contributed by atoms with Gasteiger partial charge >= 0.3 is 5.97 Å². The molecular weight excluding hydrogens is 489 g/mol. The minimum atomic E-state index is -3.57. The number of rotatable bonds is 8. The molecule has 3 aromatic rings. The molecule has 0 amide bonds.